The van der Waals surface area contributed by atoms with Crippen LogP contribution in [0.4, 0.5) is 5.69 Å². The number of anilines is 1. The fourth-order valence-electron chi connectivity index (χ4n) is 3.16. The minimum Gasteiger partial charge on any atom is -0.482 e. The van der Waals surface area contributed by atoms with E-state index in [2.05, 4.69) is 10.3 Å². The highest BCUT2D eigenvalue weighted by Gasteiger charge is 2.27. The molecule has 1 aliphatic heterocycles. The lowest BCUT2D eigenvalue weighted by Gasteiger charge is -2.29. The second-order valence-corrected chi connectivity index (χ2v) is 6.83. The third-order valence-electron chi connectivity index (χ3n) is 4.65. The van der Waals surface area contributed by atoms with Crippen molar-refractivity contribution in [3.8, 4) is 5.75 Å². The Hall–Kier alpha value is -3.61. The van der Waals surface area contributed by atoms with E-state index in [9.17, 15) is 9.59 Å². The summed E-state index contributed by atoms with van der Waals surface area (Å²) in [5, 5.41) is 2.82. The molecule has 4 rings (SSSR count). The van der Waals surface area contributed by atoms with Gasteiger partial charge in [0.05, 0.1) is 12.2 Å². The van der Waals surface area contributed by atoms with Crippen LogP contribution in [0.2, 0.25) is 0 Å². The van der Waals surface area contributed by atoms with Crippen LogP contribution in [-0.4, -0.2) is 29.9 Å². The van der Waals surface area contributed by atoms with Crippen LogP contribution in [0, 0.1) is 6.92 Å². The van der Waals surface area contributed by atoms with E-state index in [4.69, 9.17) is 9.15 Å². The van der Waals surface area contributed by atoms with E-state index < -0.39 is 0 Å². The molecule has 0 saturated carbocycles. The number of ether oxygens (including phenoxy) is 1. The molecule has 1 aliphatic rings. The fraction of sp³-hybridized carbons (Fsp3) is 0.227. The van der Waals surface area contributed by atoms with Crippen molar-refractivity contribution in [3.05, 3.63) is 77.5 Å². The number of hydrogen-bond donors (Lipinski definition) is 1. The zero-order valence-electron chi connectivity index (χ0n) is 16.1. The number of fused-ring (bicyclic) bond motifs is 1. The van der Waals surface area contributed by atoms with Crippen molar-refractivity contribution in [3.63, 3.8) is 0 Å². The highest BCUT2D eigenvalue weighted by Crippen LogP contribution is 2.34. The lowest BCUT2D eigenvalue weighted by Crippen LogP contribution is -2.38. The van der Waals surface area contributed by atoms with Crippen molar-refractivity contribution in [2.75, 3.05) is 18.1 Å². The van der Waals surface area contributed by atoms with Gasteiger partial charge in [0.2, 0.25) is 0 Å². The minimum atomic E-state index is -0.295. The largest absolute Gasteiger partial charge is 0.482 e. The molecule has 0 aliphatic carbocycles. The predicted molar refractivity (Wildman–Crippen MR) is 107 cm³/mol. The van der Waals surface area contributed by atoms with Crippen LogP contribution in [0.1, 0.15) is 27.6 Å². The number of rotatable bonds is 6. The van der Waals surface area contributed by atoms with Crippen molar-refractivity contribution in [2.45, 2.75) is 19.9 Å². The van der Waals surface area contributed by atoms with Gasteiger partial charge in [0, 0.05) is 24.9 Å². The van der Waals surface area contributed by atoms with Crippen LogP contribution in [0.5, 0.6) is 5.75 Å². The molecule has 0 unspecified atom stereocenters. The molecule has 29 heavy (non-hydrogen) atoms. The standard InChI is InChI=1S/C22H21N3O4/c1-15-5-7-19-18(12-15)25(21(26)14-28-19)13-17-6-8-20(29-17)22(27)24-11-9-16-4-2-3-10-23-16/h2-8,10,12H,9,11,13-14H2,1H3,(H,24,27). The highest BCUT2D eigenvalue weighted by molar-refractivity contribution is 5.97. The minimum absolute atomic E-state index is 0.0162. The van der Waals surface area contributed by atoms with E-state index in [0.717, 1.165) is 11.3 Å². The van der Waals surface area contributed by atoms with E-state index in [1.807, 2.05) is 43.3 Å². The summed E-state index contributed by atoms with van der Waals surface area (Å²) in [5.41, 5.74) is 2.64. The number of amides is 2. The van der Waals surface area contributed by atoms with E-state index in [1.54, 1.807) is 23.2 Å². The maximum atomic E-state index is 12.4. The summed E-state index contributed by atoms with van der Waals surface area (Å²) in [7, 11) is 0. The summed E-state index contributed by atoms with van der Waals surface area (Å²) >= 11 is 0. The molecule has 0 bridgehead atoms. The average molecular weight is 391 g/mol. The number of furan rings is 1. The Labute approximate surface area is 168 Å². The fourth-order valence-corrected chi connectivity index (χ4v) is 3.16. The van der Waals surface area contributed by atoms with Crippen molar-refractivity contribution < 1.29 is 18.7 Å². The molecule has 1 N–H and O–H groups in total. The molecular formula is C22H21N3O4. The van der Waals surface area contributed by atoms with Gasteiger partial charge in [0.25, 0.3) is 11.8 Å². The van der Waals surface area contributed by atoms with Gasteiger partial charge in [-0.05, 0) is 48.9 Å². The Morgan fingerprint density at radius 1 is 1.21 bits per heavy atom. The van der Waals surface area contributed by atoms with Crippen LogP contribution in [0.3, 0.4) is 0 Å². The van der Waals surface area contributed by atoms with Crippen molar-refractivity contribution >= 4 is 17.5 Å². The van der Waals surface area contributed by atoms with Crippen molar-refractivity contribution in [1.82, 2.24) is 10.3 Å². The van der Waals surface area contributed by atoms with Gasteiger partial charge in [-0.1, -0.05) is 12.1 Å². The molecule has 7 nitrogen and oxygen atoms in total. The lowest BCUT2D eigenvalue weighted by atomic mass is 10.1. The molecule has 1 aromatic carbocycles. The molecule has 0 saturated heterocycles. The maximum Gasteiger partial charge on any atom is 0.287 e. The van der Waals surface area contributed by atoms with E-state index >= 15 is 0 Å². The topological polar surface area (TPSA) is 84.7 Å². The molecular weight excluding hydrogens is 370 g/mol. The van der Waals surface area contributed by atoms with Crippen LogP contribution >= 0.6 is 0 Å². The van der Waals surface area contributed by atoms with Gasteiger partial charge in [-0.2, -0.15) is 0 Å². The second kappa shape index (κ2) is 8.18. The average Bonchev–Trinajstić information content (AvgIpc) is 3.20. The van der Waals surface area contributed by atoms with Crippen molar-refractivity contribution in [1.29, 1.82) is 0 Å². The molecule has 0 spiro atoms. The van der Waals surface area contributed by atoms with E-state index in [0.29, 0.717) is 30.2 Å². The number of hydrogen-bond acceptors (Lipinski definition) is 5. The number of carbonyl (C=O) groups excluding carboxylic acids is 2. The first-order chi connectivity index (χ1) is 14.1. The highest BCUT2D eigenvalue weighted by atomic mass is 16.5. The van der Waals surface area contributed by atoms with Gasteiger partial charge in [-0.15, -0.1) is 0 Å². The molecule has 0 radical (unpaired) electrons. The van der Waals surface area contributed by atoms with Gasteiger partial charge in [0.15, 0.2) is 12.4 Å². The van der Waals surface area contributed by atoms with Gasteiger partial charge in [-0.25, -0.2) is 0 Å². The van der Waals surface area contributed by atoms with Crippen LogP contribution in [0.25, 0.3) is 0 Å². The number of carbonyl (C=O) groups is 2. The number of benzene rings is 1. The summed E-state index contributed by atoms with van der Waals surface area (Å²) in [5.74, 6) is 0.959. The van der Waals surface area contributed by atoms with Crippen molar-refractivity contribution in [2.24, 2.45) is 0 Å². The predicted octanol–water partition coefficient (Wildman–Crippen LogP) is 2.88. The summed E-state index contributed by atoms with van der Waals surface area (Å²) in [6, 6.07) is 14.7. The third-order valence-corrected chi connectivity index (χ3v) is 4.65. The summed E-state index contributed by atoms with van der Waals surface area (Å²) in [6.45, 7) is 2.63. The molecule has 3 heterocycles. The first kappa shape index (κ1) is 18.7. The molecule has 148 valence electrons. The molecule has 0 atom stereocenters. The van der Waals surface area contributed by atoms with Crippen LogP contribution in [-0.2, 0) is 17.8 Å². The smallest absolute Gasteiger partial charge is 0.287 e. The number of aryl methyl sites for hydroxylation is 1. The second-order valence-electron chi connectivity index (χ2n) is 6.83. The Morgan fingerprint density at radius 3 is 2.93 bits per heavy atom. The molecule has 3 aromatic rings. The van der Waals surface area contributed by atoms with E-state index in [-0.39, 0.29) is 30.7 Å². The zero-order chi connectivity index (χ0) is 20.2. The quantitative estimate of drug-likeness (QED) is 0.698. The Bertz CT molecular complexity index is 1030. The van der Waals surface area contributed by atoms with Gasteiger partial charge in [0.1, 0.15) is 11.5 Å². The zero-order valence-corrected chi connectivity index (χ0v) is 16.1. The SMILES string of the molecule is Cc1ccc2c(c1)N(Cc1ccc(C(=O)NCCc3ccccn3)o1)C(=O)CO2. The third kappa shape index (κ3) is 4.29. The summed E-state index contributed by atoms with van der Waals surface area (Å²) < 4.78 is 11.2. The Morgan fingerprint density at radius 2 is 2.10 bits per heavy atom. The van der Waals surface area contributed by atoms with Crippen LogP contribution < -0.4 is 15.0 Å². The number of nitrogens with zero attached hydrogens (tertiary/aromatic N) is 2. The summed E-state index contributed by atoms with van der Waals surface area (Å²) in [4.78, 5) is 30.5. The Kier molecular flexibility index (Phi) is 5.29. The molecule has 2 aromatic heterocycles. The number of nitrogens with one attached hydrogen (secondary N) is 1. The first-order valence-electron chi connectivity index (χ1n) is 9.41. The molecule has 0 fully saturated rings. The summed E-state index contributed by atoms with van der Waals surface area (Å²) in [6.07, 6.45) is 2.36. The van der Waals surface area contributed by atoms with Gasteiger partial charge < -0.3 is 14.5 Å². The van der Waals surface area contributed by atoms with Gasteiger partial charge in [-0.3, -0.25) is 19.5 Å². The first-order valence-corrected chi connectivity index (χ1v) is 9.41. The monoisotopic (exact) mass is 391 g/mol. The number of aromatic nitrogens is 1. The normalized spacial score (nSPS) is 13.0. The molecule has 7 heteroatoms. The van der Waals surface area contributed by atoms with Crippen LogP contribution in [0.15, 0.2) is 59.1 Å². The van der Waals surface area contributed by atoms with E-state index in [1.165, 1.54) is 0 Å². The van der Waals surface area contributed by atoms with Gasteiger partial charge >= 0.3 is 0 Å². The Balaban J connectivity index is 1.40. The lowest BCUT2D eigenvalue weighted by molar-refractivity contribution is -0.121. The maximum absolute atomic E-state index is 12.4. The number of pyridine rings is 1. The molecule has 2 amide bonds.